The largest absolute Gasteiger partial charge is 0.509 e. The predicted molar refractivity (Wildman–Crippen MR) is 103 cm³/mol. The van der Waals surface area contributed by atoms with E-state index in [-0.39, 0.29) is 24.4 Å². The summed E-state index contributed by atoms with van der Waals surface area (Å²) in [6, 6.07) is 5.23. The third-order valence-electron chi connectivity index (χ3n) is 5.44. The van der Waals surface area contributed by atoms with Gasteiger partial charge in [-0.2, -0.15) is 0 Å². The number of benzene rings is 1. The smallest absolute Gasteiger partial charge is 0.497 e. The van der Waals surface area contributed by atoms with Crippen molar-refractivity contribution in [1.82, 2.24) is 0 Å². The van der Waals surface area contributed by atoms with Gasteiger partial charge in [0, 0.05) is 18.4 Å². The van der Waals surface area contributed by atoms with E-state index in [1.807, 2.05) is 0 Å². The molecule has 0 aromatic heterocycles. The molecule has 154 valence electrons. The highest BCUT2D eigenvalue weighted by atomic mass is 16.7. The summed E-state index contributed by atoms with van der Waals surface area (Å²) in [7, 11) is 1.55. The molecule has 0 bridgehead atoms. The predicted octanol–water partition coefficient (Wildman–Crippen LogP) is 2.47. The topological polar surface area (TPSA) is 99.1 Å². The van der Waals surface area contributed by atoms with Gasteiger partial charge in [-0.3, -0.25) is 9.59 Å². The van der Waals surface area contributed by atoms with E-state index in [1.165, 1.54) is 0 Å². The van der Waals surface area contributed by atoms with Crippen LogP contribution in [0.4, 0.5) is 4.79 Å². The number of ketones is 2. The lowest BCUT2D eigenvalue weighted by molar-refractivity contribution is -0.130. The average Bonchev–Trinajstić information content (AvgIpc) is 3.20. The molecule has 4 unspecified atom stereocenters. The van der Waals surface area contributed by atoms with Crippen LogP contribution in [0.25, 0.3) is 0 Å². The maximum atomic E-state index is 12.9. The molecule has 1 fully saturated rings. The van der Waals surface area contributed by atoms with Gasteiger partial charge in [0.25, 0.3) is 0 Å². The Labute approximate surface area is 169 Å². The standard InChI is InChI=1S/C22H24O7/c1-3-4-5-6-19(28-22(26)29-21-17(23)9-10-18(21)24)16-12-13-11-14(27-2)7-8-15(13)20(16)25/h1,7-8,11,16-17,19,21,23H,4-6,9-10,12H2,2H3. The van der Waals surface area contributed by atoms with Crippen molar-refractivity contribution in [3.8, 4) is 18.1 Å². The molecular weight excluding hydrogens is 376 g/mol. The van der Waals surface area contributed by atoms with Crippen LogP contribution in [-0.4, -0.2) is 48.3 Å². The van der Waals surface area contributed by atoms with E-state index >= 15 is 0 Å². The van der Waals surface area contributed by atoms with Crippen LogP contribution in [0, 0.1) is 18.3 Å². The summed E-state index contributed by atoms with van der Waals surface area (Å²) in [6.07, 6.45) is 3.53. The molecule has 1 aromatic rings. The number of fused-ring (bicyclic) bond motifs is 1. The lowest BCUT2D eigenvalue weighted by Crippen LogP contribution is -2.36. The van der Waals surface area contributed by atoms with E-state index in [0.717, 1.165) is 5.56 Å². The molecule has 2 aliphatic carbocycles. The third-order valence-corrected chi connectivity index (χ3v) is 5.44. The molecule has 7 heteroatoms. The number of carbonyl (C=O) groups is 3. The highest BCUT2D eigenvalue weighted by Crippen LogP contribution is 2.34. The summed E-state index contributed by atoms with van der Waals surface area (Å²) in [4.78, 5) is 36.9. The number of Topliss-reactive ketones (excluding diaryl/α,β-unsaturated/α-hetero) is 2. The fraction of sp³-hybridized carbons (Fsp3) is 0.500. The van der Waals surface area contributed by atoms with E-state index < -0.39 is 30.4 Å². The van der Waals surface area contributed by atoms with Crippen LogP contribution in [0.2, 0.25) is 0 Å². The van der Waals surface area contributed by atoms with Crippen LogP contribution in [-0.2, 0) is 20.7 Å². The van der Waals surface area contributed by atoms with Crippen LogP contribution in [0.3, 0.4) is 0 Å². The summed E-state index contributed by atoms with van der Waals surface area (Å²) < 4.78 is 15.7. The van der Waals surface area contributed by atoms with E-state index in [9.17, 15) is 19.5 Å². The number of terminal acetylenes is 1. The second-order valence-electron chi connectivity index (χ2n) is 7.31. The zero-order valence-electron chi connectivity index (χ0n) is 16.3. The van der Waals surface area contributed by atoms with Crippen LogP contribution in [0.15, 0.2) is 18.2 Å². The molecule has 1 aromatic carbocycles. The molecule has 29 heavy (non-hydrogen) atoms. The van der Waals surface area contributed by atoms with E-state index in [4.69, 9.17) is 20.6 Å². The minimum Gasteiger partial charge on any atom is -0.497 e. The number of carbonyl (C=O) groups excluding carboxylic acids is 3. The maximum Gasteiger partial charge on any atom is 0.509 e. The average molecular weight is 400 g/mol. The monoisotopic (exact) mass is 400 g/mol. The van der Waals surface area contributed by atoms with Gasteiger partial charge in [-0.25, -0.2) is 4.79 Å². The van der Waals surface area contributed by atoms with Gasteiger partial charge in [-0.15, -0.1) is 12.3 Å². The summed E-state index contributed by atoms with van der Waals surface area (Å²) in [5, 5.41) is 9.80. The first-order valence-electron chi connectivity index (χ1n) is 9.67. The molecule has 0 amide bonds. The lowest BCUT2D eigenvalue weighted by atomic mass is 9.94. The quantitative estimate of drug-likeness (QED) is 0.426. The molecular formula is C22H24O7. The molecule has 0 saturated heterocycles. The Balaban J connectivity index is 1.71. The normalized spacial score (nSPS) is 24.0. The number of methoxy groups -OCH3 is 1. The lowest BCUT2D eigenvalue weighted by Gasteiger charge is -2.23. The Morgan fingerprint density at radius 2 is 2.17 bits per heavy atom. The fourth-order valence-electron chi connectivity index (χ4n) is 3.88. The number of hydrogen-bond donors (Lipinski definition) is 1. The fourth-order valence-corrected chi connectivity index (χ4v) is 3.88. The Morgan fingerprint density at radius 1 is 1.38 bits per heavy atom. The van der Waals surface area contributed by atoms with E-state index in [1.54, 1.807) is 25.3 Å². The number of rotatable bonds is 7. The van der Waals surface area contributed by atoms with Gasteiger partial charge in [0.1, 0.15) is 11.9 Å². The molecule has 2 aliphatic rings. The summed E-state index contributed by atoms with van der Waals surface area (Å²) >= 11 is 0. The summed E-state index contributed by atoms with van der Waals surface area (Å²) in [6.45, 7) is 0. The minimum atomic E-state index is -1.21. The first-order valence-corrected chi connectivity index (χ1v) is 9.67. The maximum absolute atomic E-state index is 12.9. The van der Waals surface area contributed by atoms with Gasteiger partial charge < -0.3 is 19.3 Å². The second-order valence-corrected chi connectivity index (χ2v) is 7.31. The molecule has 4 atom stereocenters. The van der Waals surface area contributed by atoms with Crippen molar-refractivity contribution < 1.29 is 33.7 Å². The number of unbranched alkanes of at least 4 members (excludes halogenated alkanes) is 1. The number of ether oxygens (including phenoxy) is 3. The molecule has 3 rings (SSSR count). The molecule has 0 radical (unpaired) electrons. The van der Waals surface area contributed by atoms with Crippen molar-refractivity contribution in [3.63, 3.8) is 0 Å². The number of hydrogen-bond acceptors (Lipinski definition) is 7. The van der Waals surface area contributed by atoms with Crippen molar-refractivity contribution in [2.45, 2.75) is 56.8 Å². The first kappa shape index (κ1) is 20.9. The van der Waals surface area contributed by atoms with Gasteiger partial charge in [0.05, 0.1) is 19.1 Å². The van der Waals surface area contributed by atoms with Crippen LogP contribution < -0.4 is 4.74 Å². The highest BCUT2D eigenvalue weighted by Gasteiger charge is 2.41. The Kier molecular flexibility index (Phi) is 6.55. The molecule has 0 aliphatic heterocycles. The molecule has 1 N–H and O–H groups in total. The highest BCUT2D eigenvalue weighted by molar-refractivity contribution is 6.02. The van der Waals surface area contributed by atoms with Gasteiger partial charge in [0.15, 0.2) is 17.7 Å². The molecule has 0 spiro atoms. The van der Waals surface area contributed by atoms with Crippen molar-refractivity contribution >= 4 is 17.7 Å². The Morgan fingerprint density at radius 3 is 2.83 bits per heavy atom. The zero-order chi connectivity index (χ0) is 21.0. The summed E-state index contributed by atoms with van der Waals surface area (Å²) in [5.41, 5.74) is 1.41. The van der Waals surface area contributed by atoms with Crippen molar-refractivity contribution in [3.05, 3.63) is 29.3 Å². The third kappa shape index (κ3) is 4.60. The van der Waals surface area contributed by atoms with Crippen molar-refractivity contribution in [2.75, 3.05) is 7.11 Å². The van der Waals surface area contributed by atoms with Crippen LogP contribution in [0.1, 0.15) is 48.0 Å². The first-order chi connectivity index (χ1) is 13.9. The molecule has 7 nitrogen and oxygen atoms in total. The summed E-state index contributed by atoms with van der Waals surface area (Å²) in [5.74, 6) is 2.16. The van der Waals surface area contributed by atoms with E-state index in [2.05, 4.69) is 5.92 Å². The van der Waals surface area contributed by atoms with Gasteiger partial charge in [-0.05, 0) is 49.4 Å². The molecule has 0 heterocycles. The minimum absolute atomic E-state index is 0.113. The van der Waals surface area contributed by atoms with Gasteiger partial charge in [0.2, 0.25) is 0 Å². The molecule has 1 saturated carbocycles. The Bertz CT molecular complexity index is 838. The van der Waals surface area contributed by atoms with Gasteiger partial charge >= 0.3 is 6.16 Å². The SMILES string of the molecule is C#CCCCC(OC(=O)OC1C(=O)CCC1O)C1Cc2cc(OC)ccc2C1=O. The van der Waals surface area contributed by atoms with Crippen molar-refractivity contribution in [2.24, 2.45) is 5.92 Å². The Hall–Kier alpha value is -2.85. The van der Waals surface area contributed by atoms with E-state index in [0.29, 0.717) is 37.0 Å². The zero-order valence-corrected chi connectivity index (χ0v) is 16.3. The van der Waals surface area contributed by atoms with Crippen LogP contribution >= 0.6 is 0 Å². The van der Waals surface area contributed by atoms with Gasteiger partial charge in [-0.1, -0.05) is 0 Å². The second kappa shape index (κ2) is 9.10. The number of aliphatic hydroxyl groups excluding tert-OH is 1. The van der Waals surface area contributed by atoms with Crippen LogP contribution in [0.5, 0.6) is 5.75 Å². The number of aliphatic hydroxyl groups is 1. The van der Waals surface area contributed by atoms with Crippen molar-refractivity contribution in [1.29, 1.82) is 0 Å².